The van der Waals surface area contributed by atoms with Gasteiger partial charge in [-0.05, 0) is 54.5 Å². The molecular weight excluding hydrogens is 323 g/mol. The molecule has 1 aromatic carbocycles. The molecule has 140 valence electrons. The summed E-state index contributed by atoms with van der Waals surface area (Å²) in [5, 5.41) is 19.3. The zero-order valence-electron chi connectivity index (χ0n) is 16.1. The van der Waals surface area contributed by atoms with Gasteiger partial charge in [0.05, 0.1) is 6.10 Å². The van der Waals surface area contributed by atoms with Gasteiger partial charge in [0, 0.05) is 6.32 Å². The molecule has 1 aromatic rings. The first-order valence-corrected chi connectivity index (χ1v) is 9.73. The van der Waals surface area contributed by atoms with E-state index >= 15 is 0 Å². The average Bonchev–Trinajstić information content (AvgIpc) is 2.62. The van der Waals surface area contributed by atoms with Gasteiger partial charge < -0.3 is 14.8 Å². The van der Waals surface area contributed by atoms with Crippen molar-refractivity contribution in [1.29, 1.82) is 0 Å². The second kappa shape index (κ2) is 10.4. The van der Waals surface area contributed by atoms with Crippen LogP contribution in [0.2, 0.25) is 6.32 Å². The van der Waals surface area contributed by atoms with Crippen LogP contribution in [0, 0.1) is 0 Å². The number of phenols is 1. The molecular formula is C22H31BO3. The van der Waals surface area contributed by atoms with E-state index in [1.54, 1.807) is 12.1 Å². The molecule has 1 aliphatic heterocycles. The molecule has 1 heterocycles. The van der Waals surface area contributed by atoms with Crippen molar-refractivity contribution in [2.75, 3.05) is 0 Å². The maximum Gasteiger partial charge on any atom is 0.458 e. The molecule has 0 fully saturated rings. The fourth-order valence-corrected chi connectivity index (χ4v) is 3.43. The summed E-state index contributed by atoms with van der Waals surface area (Å²) >= 11 is 0. The lowest BCUT2D eigenvalue weighted by atomic mass is 9.77. The Balaban J connectivity index is 2.08. The van der Waals surface area contributed by atoms with E-state index in [0.29, 0.717) is 6.32 Å². The summed E-state index contributed by atoms with van der Waals surface area (Å²) in [5.74, 6) is 0.285. The van der Waals surface area contributed by atoms with Gasteiger partial charge in [-0.1, -0.05) is 63.1 Å². The summed E-state index contributed by atoms with van der Waals surface area (Å²) < 4.78 is 5.83. The maximum absolute atomic E-state index is 9.90. The quantitative estimate of drug-likeness (QED) is 0.574. The summed E-state index contributed by atoms with van der Waals surface area (Å²) in [6.07, 6.45) is 10.7. The molecule has 0 saturated carbocycles. The van der Waals surface area contributed by atoms with E-state index in [9.17, 15) is 10.1 Å². The van der Waals surface area contributed by atoms with E-state index in [4.69, 9.17) is 4.65 Å². The van der Waals surface area contributed by atoms with Crippen molar-refractivity contribution in [3.05, 3.63) is 59.2 Å². The summed E-state index contributed by atoms with van der Waals surface area (Å²) in [6.45, 7) is 8.55. The van der Waals surface area contributed by atoms with E-state index in [0.717, 1.165) is 55.2 Å². The van der Waals surface area contributed by atoms with E-state index in [1.807, 2.05) is 12.1 Å². The van der Waals surface area contributed by atoms with Crippen LogP contribution >= 0.6 is 0 Å². The third-order valence-corrected chi connectivity index (χ3v) is 4.73. The molecule has 1 atom stereocenters. The lowest BCUT2D eigenvalue weighted by molar-refractivity contribution is 0.182. The van der Waals surface area contributed by atoms with Crippen molar-refractivity contribution in [1.82, 2.24) is 0 Å². The van der Waals surface area contributed by atoms with Gasteiger partial charge in [0.2, 0.25) is 0 Å². The Morgan fingerprint density at radius 1 is 1.19 bits per heavy atom. The second-order valence-electron chi connectivity index (χ2n) is 7.01. The third kappa shape index (κ3) is 6.19. The number of benzene rings is 1. The molecule has 26 heavy (non-hydrogen) atoms. The molecule has 0 saturated heterocycles. The first kappa shape index (κ1) is 20.5. The smallest absolute Gasteiger partial charge is 0.458 e. The van der Waals surface area contributed by atoms with Gasteiger partial charge in [-0.25, -0.2) is 0 Å². The number of phenolic OH excluding ortho intramolecular Hbond substituents is 1. The lowest BCUT2D eigenvalue weighted by Crippen LogP contribution is -2.31. The largest absolute Gasteiger partial charge is 0.508 e. The molecule has 0 aliphatic carbocycles. The highest BCUT2D eigenvalue weighted by atomic mass is 16.5. The van der Waals surface area contributed by atoms with Gasteiger partial charge in [-0.3, -0.25) is 0 Å². The molecule has 1 unspecified atom stereocenters. The van der Waals surface area contributed by atoms with Gasteiger partial charge in [0.1, 0.15) is 5.75 Å². The van der Waals surface area contributed by atoms with Crippen LogP contribution in [0.1, 0.15) is 57.9 Å². The number of aromatic hydroxyl groups is 1. The number of hydrogen-bond acceptors (Lipinski definition) is 3. The average molecular weight is 354 g/mol. The van der Waals surface area contributed by atoms with Crippen LogP contribution in [0.5, 0.6) is 5.75 Å². The Bertz CT molecular complexity index is 646. The highest BCUT2D eigenvalue weighted by Crippen LogP contribution is 2.30. The van der Waals surface area contributed by atoms with Crippen LogP contribution in [0.25, 0.3) is 6.08 Å². The molecule has 2 rings (SSSR count). The van der Waals surface area contributed by atoms with Crippen LogP contribution in [0.4, 0.5) is 0 Å². The predicted molar refractivity (Wildman–Crippen MR) is 110 cm³/mol. The normalized spacial score (nSPS) is 18.0. The Morgan fingerprint density at radius 3 is 2.54 bits per heavy atom. The zero-order valence-corrected chi connectivity index (χ0v) is 16.1. The van der Waals surface area contributed by atoms with E-state index in [1.165, 1.54) is 5.57 Å². The summed E-state index contributed by atoms with van der Waals surface area (Å²) in [4.78, 5) is 0. The van der Waals surface area contributed by atoms with E-state index in [2.05, 4.69) is 32.6 Å². The van der Waals surface area contributed by atoms with E-state index < -0.39 is 7.12 Å². The molecule has 0 aromatic heterocycles. The maximum atomic E-state index is 9.90. The summed E-state index contributed by atoms with van der Waals surface area (Å²) in [6, 6.07) is 7.29. The SMILES string of the molecule is C=C(CCC)C1=CCB(O)OC1CC/C(=C/c1ccc(O)cc1)CCC. The fraction of sp³-hybridized carbons (Fsp3) is 0.455. The van der Waals surface area contributed by atoms with Crippen molar-refractivity contribution in [3.63, 3.8) is 0 Å². The zero-order chi connectivity index (χ0) is 18.9. The number of allylic oxidation sites excluding steroid dienone is 2. The van der Waals surface area contributed by atoms with Gasteiger partial charge in [-0.15, -0.1) is 0 Å². The van der Waals surface area contributed by atoms with Crippen molar-refractivity contribution >= 4 is 13.2 Å². The Hall–Kier alpha value is -1.78. The standard InChI is InChI=1S/C22H31BO3/c1-4-6-17(3)21-14-15-23(25)26-22(21)13-10-18(7-5-2)16-19-8-11-20(24)12-9-19/h8-9,11-12,14,16,22,24-25H,3-7,10,13,15H2,1-2H3/b18-16+. The Kier molecular flexibility index (Phi) is 8.21. The van der Waals surface area contributed by atoms with Crippen molar-refractivity contribution in [2.24, 2.45) is 0 Å². The molecule has 0 bridgehead atoms. The summed E-state index contributed by atoms with van der Waals surface area (Å²) in [7, 11) is -0.714. The first-order valence-electron chi connectivity index (χ1n) is 9.73. The van der Waals surface area contributed by atoms with Crippen LogP contribution < -0.4 is 0 Å². The predicted octanol–water partition coefficient (Wildman–Crippen LogP) is 5.52. The van der Waals surface area contributed by atoms with E-state index in [-0.39, 0.29) is 11.9 Å². The van der Waals surface area contributed by atoms with Crippen LogP contribution in [-0.2, 0) is 4.65 Å². The van der Waals surface area contributed by atoms with Crippen molar-refractivity contribution in [2.45, 2.75) is 64.8 Å². The van der Waals surface area contributed by atoms with Gasteiger partial charge in [0.15, 0.2) is 0 Å². The lowest BCUT2D eigenvalue weighted by Gasteiger charge is -2.28. The van der Waals surface area contributed by atoms with Crippen LogP contribution in [0.3, 0.4) is 0 Å². The number of hydrogen-bond donors (Lipinski definition) is 2. The second-order valence-corrected chi connectivity index (χ2v) is 7.01. The minimum absolute atomic E-state index is 0.0853. The highest BCUT2D eigenvalue weighted by Gasteiger charge is 2.27. The molecule has 0 amide bonds. The minimum atomic E-state index is -0.714. The third-order valence-electron chi connectivity index (χ3n) is 4.73. The fourth-order valence-electron chi connectivity index (χ4n) is 3.43. The van der Waals surface area contributed by atoms with Gasteiger partial charge in [0.25, 0.3) is 0 Å². The van der Waals surface area contributed by atoms with Gasteiger partial charge >= 0.3 is 7.12 Å². The van der Waals surface area contributed by atoms with Crippen LogP contribution in [-0.4, -0.2) is 23.4 Å². The molecule has 0 spiro atoms. The van der Waals surface area contributed by atoms with Crippen molar-refractivity contribution < 1.29 is 14.8 Å². The summed E-state index contributed by atoms with van der Waals surface area (Å²) in [5.41, 5.74) is 4.76. The topological polar surface area (TPSA) is 49.7 Å². The molecule has 0 radical (unpaired) electrons. The molecule has 2 N–H and O–H groups in total. The monoisotopic (exact) mass is 354 g/mol. The highest BCUT2D eigenvalue weighted by molar-refractivity contribution is 6.43. The minimum Gasteiger partial charge on any atom is -0.508 e. The number of rotatable bonds is 9. The first-order chi connectivity index (χ1) is 12.5. The molecule has 3 nitrogen and oxygen atoms in total. The molecule has 1 aliphatic rings. The van der Waals surface area contributed by atoms with Crippen LogP contribution in [0.15, 0.2) is 53.6 Å². The van der Waals surface area contributed by atoms with Gasteiger partial charge in [-0.2, -0.15) is 0 Å². The molecule has 4 heteroatoms. The van der Waals surface area contributed by atoms with Crippen molar-refractivity contribution in [3.8, 4) is 5.75 Å². The Labute approximate surface area is 158 Å². The Morgan fingerprint density at radius 2 is 1.88 bits per heavy atom.